The minimum absolute atomic E-state index is 0.290. The highest BCUT2D eigenvalue weighted by Crippen LogP contribution is 2.47. The fourth-order valence-corrected chi connectivity index (χ4v) is 255. The molecule has 1 fully saturated rings. The van der Waals surface area contributed by atoms with Crippen LogP contribution in [0.2, 0.25) is 38.3 Å². The van der Waals surface area contributed by atoms with E-state index in [9.17, 15) is 33.6 Å². The lowest BCUT2D eigenvalue weighted by Gasteiger charge is -2.61. The van der Waals surface area contributed by atoms with E-state index in [0.29, 0.717) is 5.54 Å². The zero-order valence-corrected chi connectivity index (χ0v) is 36.1. The molecule has 7 N–H and O–H groups in total. The molecule has 1 rings (SSSR count). The molecule has 10 nitrogen and oxygen atoms in total. The Bertz CT molecular complexity index is 575. The molecule has 0 aromatic rings. The van der Waals surface area contributed by atoms with E-state index in [1.54, 1.807) is 0 Å². The summed E-state index contributed by atoms with van der Waals surface area (Å²) >= 11 is 0. The SMILES string of the molecule is C[Si](C)(C)[SiH](O)O[Si]([Si](O[SiH2]O)([SiH2]O)[SiH2]O)([Si](O[SiH2]O)([SiH2]O)[SiH2]O)[Si](C)(C)C1CCCCCC1. The molecule has 0 radical (unpaired) electrons. The second kappa shape index (κ2) is 14.5. The maximum Gasteiger partial charge on any atom is 0.291 e. The van der Waals surface area contributed by atoms with Crippen LogP contribution < -0.4 is 0 Å². The molecule has 0 aliphatic heterocycles. The third-order valence-electron chi connectivity index (χ3n) is 7.80. The Morgan fingerprint density at radius 3 is 1.35 bits per heavy atom. The van der Waals surface area contributed by atoms with Crippen molar-refractivity contribution in [2.75, 3.05) is 0 Å². The van der Waals surface area contributed by atoms with E-state index >= 15 is 0 Å². The summed E-state index contributed by atoms with van der Waals surface area (Å²) in [7, 11) is -19.8. The molecule has 1 unspecified atom stereocenters. The summed E-state index contributed by atoms with van der Waals surface area (Å²) in [6.45, 7) is 0.0829. The fourth-order valence-electron chi connectivity index (χ4n) is 5.77. The second-order valence-electron chi connectivity index (χ2n) is 11.1. The van der Waals surface area contributed by atoms with Crippen molar-refractivity contribution in [1.82, 2.24) is 0 Å². The van der Waals surface area contributed by atoms with Gasteiger partial charge in [-0.15, -0.1) is 0 Å². The van der Waals surface area contributed by atoms with Gasteiger partial charge >= 0.3 is 0 Å². The van der Waals surface area contributed by atoms with Crippen LogP contribution >= 0.6 is 0 Å². The fraction of sp³-hybridized carbons (Fsp3) is 1.00. The molecule has 22 heteroatoms. The van der Waals surface area contributed by atoms with Gasteiger partial charge in [-0.2, -0.15) is 0 Å². The molecule has 1 atom stereocenters. The molecule has 0 spiro atoms. The van der Waals surface area contributed by atoms with Crippen molar-refractivity contribution >= 4 is 102 Å². The Kier molecular flexibility index (Phi) is 14.6. The van der Waals surface area contributed by atoms with Crippen LogP contribution in [0.5, 0.6) is 0 Å². The molecule has 0 saturated heterocycles. The van der Waals surface area contributed by atoms with E-state index in [2.05, 4.69) is 13.1 Å². The van der Waals surface area contributed by atoms with Crippen LogP contribution in [0.3, 0.4) is 0 Å². The lowest BCUT2D eigenvalue weighted by Crippen LogP contribution is -2.98. The minimum atomic E-state index is -3.59. The Labute approximate surface area is 223 Å². The molecular weight excluding hydrogens is 641 g/mol. The van der Waals surface area contributed by atoms with Gasteiger partial charge in [0.25, 0.3) is 28.8 Å². The Morgan fingerprint density at radius 2 is 1.06 bits per heavy atom. The van der Waals surface area contributed by atoms with E-state index in [-0.39, 0.29) is 0 Å². The van der Waals surface area contributed by atoms with Crippen molar-refractivity contribution in [3.63, 3.8) is 0 Å². The first kappa shape index (κ1) is 34.2. The van der Waals surface area contributed by atoms with E-state index in [4.69, 9.17) is 12.3 Å². The van der Waals surface area contributed by atoms with Crippen molar-refractivity contribution in [3.8, 4) is 0 Å². The van der Waals surface area contributed by atoms with Crippen LogP contribution in [0.1, 0.15) is 38.5 Å². The molecule has 1 aliphatic rings. The first-order valence-corrected chi connectivity index (χ1v) is 44.5. The van der Waals surface area contributed by atoms with Gasteiger partial charge in [0, 0.05) is 0 Å². The van der Waals surface area contributed by atoms with E-state index in [1.165, 1.54) is 0 Å². The summed E-state index contributed by atoms with van der Waals surface area (Å²) in [5, 5.41) is 0. The predicted molar refractivity (Wildman–Crippen MR) is 167 cm³/mol. The summed E-state index contributed by atoms with van der Waals surface area (Å²) < 4.78 is 19.6. The largest absolute Gasteiger partial charge is 0.443 e. The van der Waals surface area contributed by atoms with Crippen molar-refractivity contribution in [1.29, 1.82) is 0 Å². The quantitative estimate of drug-likeness (QED) is 0.0649. The number of hydrogen-bond donors (Lipinski definition) is 7. The first-order chi connectivity index (χ1) is 15.8. The normalized spacial score (nSPS) is 25.1. The van der Waals surface area contributed by atoms with Crippen molar-refractivity contribution in [2.45, 2.75) is 76.8 Å². The molecule has 1 aliphatic carbocycles. The van der Waals surface area contributed by atoms with Gasteiger partial charge in [-0.3, -0.25) is 0 Å². The van der Waals surface area contributed by atoms with E-state index in [1.807, 2.05) is 19.6 Å². The molecular formula is C12H48O10Si12. The molecule has 0 aromatic carbocycles. The van der Waals surface area contributed by atoms with E-state index < -0.39 is 102 Å². The third-order valence-corrected chi connectivity index (χ3v) is 150. The molecule has 0 amide bonds. The second-order valence-corrected chi connectivity index (χ2v) is 90.0. The van der Waals surface area contributed by atoms with Crippen molar-refractivity contribution in [2.24, 2.45) is 0 Å². The number of rotatable bonds is 15. The summed E-state index contributed by atoms with van der Waals surface area (Å²) in [5.41, 5.74) is 0.290. The zero-order chi connectivity index (χ0) is 26.3. The molecule has 0 aromatic heterocycles. The lowest BCUT2D eigenvalue weighted by atomic mass is 10.2. The average molecular weight is 690 g/mol. The highest BCUT2D eigenvalue weighted by atomic mass is 30.3. The molecule has 1 saturated carbocycles. The molecule has 0 bridgehead atoms. The average Bonchev–Trinajstić information content (AvgIpc) is 3.09. The monoisotopic (exact) mass is 688 g/mol. The van der Waals surface area contributed by atoms with E-state index in [0.717, 1.165) is 38.5 Å². The van der Waals surface area contributed by atoms with Crippen LogP contribution in [0.15, 0.2) is 0 Å². The summed E-state index contributed by atoms with van der Waals surface area (Å²) in [6, 6.07) is 0. The Balaban J connectivity index is 4.14. The molecule has 0 heterocycles. The maximum absolute atomic E-state index is 11.6. The molecule has 34 heavy (non-hydrogen) atoms. The predicted octanol–water partition coefficient (Wildman–Crippen LogP) is -6.56. The van der Waals surface area contributed by atoms with Gasteiger partial charge < -0.3 is 45.9 Å². The number of hydrogen-bond acceptors (Lipinski definition) is 10. The van der Waals surface area contributed by atoms with Crippen LogP contribution in [0.4, 0.5) is 0 Å². The Hall–Kier alpha value is 2.20. The van der Waals surface area contributed by atoms with Crippen molar-refractivity contribution < 1.29 is 45.9 Å². The molecule has 204 valence electrons. The topological polar surface area (TPSA) is 169 Å². The van der Waals surface area contributed by atoms with Crippen LogP contribution in [-0.4, -0.2) is 135 Å². The lowest BCUT2D eigenvalue weighted by molar-refractivity contribution is 0.423. The van der Waals surface area contributed by atoms with Gasteiger partial charge in [-0.05, 0) is 5.54 Å². The summed E-state index contributed by atoms with van der Waals surface area (Å²) in [5.74, 6) is 0. The van der Waals surface area contributed by atoms with Crippen molar-refractivity contribution in [3.05, 3.63) is 0 Å². The van der Waals surface area contributed by atoms with Gasteiger partial charge in [0.1, 0.15) is 0 Å². The summed E-state index contributed by atoms with van der Waals surface area (Å²) in [4.78, 5) is 76.1. The highest BCUT2D eigenvalue weighted by Gasteiger charge is 2.79. The van der Waals surface area contributed by atoms with Gasteiger partial charge in [-0.1, -0.05) is 71.3 Å². The van der Waals surface area contributed by atoms with Gasteiger partial charge in [0.05, 0.1) is 15.2 Å². The van der Waals surface area contributed by atoms with Gasteiger partial charge in [-0.25, -0.2) is 0 Å². The van der Waals surface area contributed by atoms with Crippen LogP contribution in [-0.2, 0) is 12.3 Å². The maximum atomic E-state index is 11.6. The third kappa shape index (κ3) is 6.67. The standard InChI is InChI=1S/C12H48O10Si12/c1-30(2,3)29(19)22-34(32(25-15,26-16)20-23-13,33(27-17,28-18)21-24-14)31(4,5)12-10-8-6-7-9-11-12/h12-19,29H,6-11,23-28H2,1-5H3. The smallest absolute Gasteiger partial charge is 0.291 e. The van der Waals surface area contributed by atoms with Gasteiger partial charge in [0.15, 0.2) is 37.1 Å². The minimum Gasteiger partial charge on any atom is -0.443 e. The zero-order valence-electron chi connectivity index (χ0n) is 21.5. The van der Waals surface area contributed by atoms with Crippen LogP contribution in [0, 0.1) is 0 Å². The Morgan fingerprint density at radius 1 is 0.676 bits per heavy atom. The first-order valence-electron chi connectivity index (χ1n) is 12.1. The highest BCUT2D eigenvalue weighted by molar-refractivity contribution is 8.08. The van der Waals surface area contributed by atoms with Crippen LogP contribution in [0.25, 0.3) is 0 Å². The summed E-state index contributed by atoms with van der Waals surface area (Å²) in [6.07, 6.45) is 6.44. The van der Waals surface area contributed by atoms with Gasteiger partial charge in [0.2, 0.25) is 20.6 Å².